The zero-order valence-corrected chi connectivity index (χ0v) is 11.1. The van der Waals surface area contributed by atoms with Gasteiger partial charge in [0, 0.05) is 24.8 Å². The summed E-state index contributed by atoms with van der Waals surface area (Å²) in [6.07, 6.45) is -0.387. The van der Waals surface area contributed by atoms with E-state index < -0.39 is 0 Å². The minimum Gasteiger partial charge on any atom is -0.483 e. The number of benzene rings is 1. The highest BCUT2D eigenvalue weighted by Crippen LogP contribution is 2.21. The maximum absolute atomic E-state index is 11.1. The van der Waals surface area contributed by atoms with Gasteiger partial charge in [-0.25, -0.2) is 0 Å². The summed E-state index contributed by atoms with van der Waals surface area (Å²) in [7, 11) is 0. The molecule has 17 heavy (non-hydrogen) atoms. The summed E-state index contributed by atoms with van der Waals surface area (Å²) < 4.78 is 5.58. The fraction of sp³-hybridized carbons (Fsp3) is 0.500. The molecule has 3 nitrogen and oxygen atoms in total. The number of anilines is 1. The average molecular weight is 235 g/mol. The van der Waals surface area contributed by atoms with Gasteiger partial charge in [0.2, 0.25) is 0 Å². The van der Waals surface area contributed by atoms with Gasteiger partial charge in [-0.15, -0.1) is 0 Å². The fourth-order valence-electron chi connectivity index (χ4n) is 1.63. The molecule has 0 unspecified atom stereocenters. The lowest BCUT2D eigenvalue weighted by Gasteiger charge is -2.22. The second kappa shape index (κ2) is 6.28. The van der Waals surface area contributed by atoms with Crippen LogP contribution >= 0.6 is 0 Å². The molecule has 0 aliphatic rings. The first-order valence-corrected chi connectivity index (χ1v) is 6.10. The van der Waals surface area contributed by atoms with E-state index in [0.29, 0.717) is 0 Å². The van der Waals surface area contributed by atoms with Gasteiger partial charge < -0.3 is 9.64 Å². The minimum atomic E-state index is -0.387. The number of nitrogens with zero attached hydrogens (tertiary/aromatic N) is 1. The largest absolute Gasteiger partial charge is 0.483 e. The normalized spacial score (nSPS) is 12.0. The highest BCUT2D eigenvalue weighted by atomic mass is 16.5. The van der Waals surface area contributed by atoms with Crippen LogP contribution in [0.15, 0.2) is 24.3 Å². The predicted octanol–water partition coefficient (Wildman–Crippen LogP) is 2.89. The van der Waals surface area contributed by atoms with Crippen LogP contribution in [-0.2, 0) is 4.79 Å². The van der Waals surface area contributed by atoms with Gasteiger partial charge in [0.25, 0.3) is 0 Å². The van der Waals surface area contributed by atoms with E-state index in [9.17, 15) is 4.79 Å². The summed E-state index contributed by atoms with van der Waals surface area (Å²) in [6, 6.07) is 7.87. The van der Waals surface area contributed by atoms with Crippen molar-refractivity contribution >= 4 is 11.5 Å². The molecule has 0 bridgehead atoms. The molecule has 0 aliphatic carbocycles. The highest BCUT2D eigenvalue weighted by molar-refractivity contribution is 5.80. The lowest BCUT2D eigenvalue weighted by molar-refractivity contribution is -0.122. The smallest absolute Gasteiger partial charge is 0.169 e. The van der Waals surface area contributed by atoms with E-state index in [-0.39, 0.29) is 11.9 Å². The number of ether oxygens (including phenoxy) is 1. The van der Waals surface area contributed by atoms with Gasteiger partial charge >= 0.3 is 0 Å². The van der Waals surface area contributed by atoms with Gasteiger partial charge in [-0.05, 0) is 39.8 Å². The van der Waals surface area contributed by atoms with Crippen molar-refractivity contribution in [2.75, 3.05) is 18.0 Å². The Morgan fingerprint density at radius 3 is 2.53 bits per heavy atom. The van der Waals surface area contributed by atoms with Crippen molar-refractivity contribution in [3.8, 4) is 5.75 Å². The predicted molar refractivity (Wildman–Crippen MR) is 70.8 cm³/mol. The number of carbonyl (C=O) groups is 1. The number of carbonyl (C=O) groups excluding carboxylic acids is 1. The molecule has 0 heterocycles. The Bertz CT molecular complexity index is 372. The highest BCUT2D eigenvalue weighted by Gasteiger charge is 2.10. The Hall–Kier alpha value is -1.51. The van der Waals surface area contributed by atoms with Crippen LogP contribution in [0.25, 0.3) is 0 Å². The van der Waals surface area contributed by atoms with Crippen LogP contribution in [0.3, 0.4) is 0 Å². The van der Waals surface area contributed by atoms with Gasteiger partial charge in [0.1, 0.15) is 5.75 Å². The van der Waals surface area contributed by atoms with E-state index in [2.05, 4.69) is 24.8 Å². The third-order valence-corrected chi connectivity index (χ3v) is 2.83. The number of hydrogen-bond donors (Lipinski definition) is 0. The molecular weight excluding hydrogens is 214 g/mol. The molecule has 0 saturated carbocycles. The lowest BCUT2D eigenvalue weighted by Crippen LogP contribution is -2.23. The molecule has 0 aromatic heterocycles. The van der Waals surface area contributed by atoms with Crippen LogP contribution in [0.4, 0.5) is 5.69 Å². The number of ketones is 1. The molecule has 1 rings (SSSR count). The first-order valence-electron chi connectivity index (χ1n) is 6.10. The molecular formula is C14H21NO2. The number of hydrogen-bond acceptors (Lipinski definition) is 3. The molecule has 0 N–H and O–H groups in total. The summed E-state index contributed by atoms with van der Waals surface area (Å²) in [5.74, 6) is 0.787. The van der Waals surface area contributed by atoms with Crippen molar-refractivity contribution in [3.05, 3.63) is 24.3 Å². The molecule has 1 atom stereocenters. The van der Waals surface area contributed by atoms with Gasteiger partial charge in [0.15, 0.2) is 11.9 Å². The first kappa shape index (κ1) is 13.6. The molecule has 0 spiro atoms. The summed E-state index contributed by atoms with van der Waals surface area (Å²) in [5, 5.41) is 0. The minimum absolute atomic E-state index is 0.0400. The summed E-state index contributed by atoms with van der Waals surface area (Å²) in [6.45, 7) is 9.47. The van der Waals surface area contributed by atoms with Crippen molar-refractivity contribution in [2.24, 2.45) is 0 Å². The van der Waals surface area contributed by atoms with Crippen LogP contribution in [0, 0.1) is 0 Å². The molecule has 1 aromatic rings. The number of rotatable bonds is 6. The SMILES string of the molecule is CCN(CC)c1cccc(O[C@H](C)C(C)=O)c1. The van der Waals surface area contributed by atoms with Crippen molar-refractivity contribution in [1.82, 2.24) is 0 Å². The maximum atomic E-state index is 11.1. The fourth-order valence-corrected chi connectivity index (χ4v) is 1.63. The Balaban J connectivity index is 2.82. The lowest BCUT2D eigenvalue weighted by atomic mass is 10.2. The zero-order valence-electron chi connectivity index (χ0n) is 11.1. The molecule has 0 amide bonds. The quantitative estimate of drug-likeness (QED) is 0.759. The van der Waals surface area contributed by atoms with E-state index in [4.69, 9.17) is 4.74 Å². The molecule has 0 fully saturated rings. The molecule has 0 aliphatic heterocycles. The van der Waals surface area contributed by atoms with Gasteiger partial charge in [-0.3, -0.25) is 4.79 Å². The molecule has 0 radical (unpaired) electrons. The van der Waals surface area contributed by atoms with Crippen LogP contribution in [-0.4, -0.2) is 25.0 Å². The van der Waals surface area contributed by atoms with Crippen LogP contribution in [0.1, 0.15) is 27.7 Å². The summed E-state index contributed by atoms with van der Waals surface area (Å²) in [4.78, 5) is 13.4. The van der Waals surface area contributed by atoms with Crippen LogP contribution in [0.2, 0.25) is 0 Å². The van der Waals surface area contributed by atoms with E-state index in [1.165, 1.54) is 0 Å². The molecule has 0 saturated heterocycles. The van der Waals surface area contributed by atoms with Gasteiger partial charge in [0.05, 0.1) is 0 Å². The Labute approximate surface area is 103 Å². The van der Waals surface area contributed by atoms with Crippen molar-refractivity contribution in [2.45, 2.75) is 33.8 Å². The summed E-state index contributed by atoms with van der Waals surface area (Å²) >= 11 is 0. The van der Waals surface area contributed by atoms with Crippen molar-refractivity contribution in [3.63, 3.8) is 0 Å². The van der Waals surface area contributed by atoms with E-state index >= 15 is 0 Å². The van der Waals surface area contributed by atoms with Crippen LogP contribution in [0.5, 0.6) is 5.75 Å². The third kappa shape index (κ3) is 3.77. The summed E-state index contributed by atoms with van der Waals surface area (Å²) in [5.41, 5.74) is 1.13. The number of Topliss-reactive ketones (excluding diaryl/α,β-unsaturated/α-hetero) is 1. The Kier molecular flexibility index (Phi) is 5.01. The standard InChI is InChI=1S/C14H21NO2/c1-5-15(6-2)13-8-7-9-14(10-13)17-12(4)11(3)16/h7-10,12H,5-6H2,1-4H3/t12-/m1/s1. The van der Waals surface area contributed by atoms with E-state index in [1.807, 2.05) is 18.2 Å². The Morgan fingerprint density at radius 2 is 2.00 bits per heavy atom. The molecule has 1 aromatic carbocycles. The zero-order chi connectivity index (χ0) is 12.8. The van der Waals surface area contributed by atoms with E-state index in [0.717, 1.165) is 24.5 Å². The average Bonchev–Trinajstić information content (AvgIpc) is 2.31. The van der Waals surface area contributed by atoms with Crippen LogP contribution < -0.4 is 9.64 Å². The van der Waals surface area contributed by atoms with Crippen molar-refractivity contribution in [1.29, 1.82) is 0 Å². The van der Waals surface area contributed by atoms with Gasteiger partial charge in [-0.2, -0.15) is 0 Å². The topological polar surface area (TPSA) is 29.5 Å². The van der Waals surface area contributed by atoms with Gasteiger partial charge in [-0.1, -0.05) is 6.07 Å². The second-order valence-electron chi connectivity index (χ2n) is 4.04. The maximum Gasteiger partial charge on any atom is 0.169 e. The monoisotopic (exact) mass is 235 g/mol. The third-order valence-electron chi connectivity index (χ3n) is 2.83. The second-order valence-corrected chi connectivity index (χ2v) is 4.04. The molecule has 3 heteroatoms. The van der Waals surface area contributed by atoms with E-state index in [1.54, 1.807) is 13.8 Å². The van der Waals surface area contributed by atoms with Crippen molar-refractivity contribution < 1.29 is 9.53 Å². The first-order chi connectivity index (χ1) is 8.08. The molecule has 94 valence electrons. The Morgan fingerprint density at radius 1 is 1.35 bits per heavy atom.